The predicted octanol–water partition coefficient (Wildman–Crippen LogP) is 4.16. The molecular weight excluding hydrogens is 334 g/mol. The first-order chi connectivity index (χ1) is 12.6. The molecule has 138 valence electrons. The first-order valence-electron chi connectivity index (χ1n) is 9.22. The molecule has 2 aromatic rings. The van der Waals surface area contributed by atoms with Crippen molar-refractivity contribution in [2.45, 2.75) is 38.5 Å². The van der Waals surface area contributed by atoms with Crippen molar-refractivity contribution in [3.05, 3.63) is 65.5 Å². The largest absolute Gasteiger partial charge is 0.342 e. The number of hydrogen-bond acceptors (Lipinski definition) is 2. The van der Waals surface area contributed by atoms with Crippen molar-refractivity contribution in [2.24, 2.45) is 5.92 Å². The van der Waals surface area contributed by atoms with E-state index in [1.54, 1.807) is 18.5 Å². The van der Waals surface area contributed by atoms with E-state index in [4.69, 9.17) is 0 Å². The molecule has 1 aromatic heterocycles. The molecule has 3 nitrogen and oxygen atoms in total. The highest BCUT2D eigenvalue weighted by atomic mass is 19.2. The lowest BCUT2D eigenvalue weighted by Gasteiger charge is -2.33. The van der Waals surface area contributed by atoms with Crippen molar-refractivity contribution >= 4 is 5.91 Å². The second kappa shape index (κ2) is 8.88. The Morgan fingerprint density at radius 2 is 2.04 bits per heavy atom. The van der Waals surface area contributed by atoms with Gasteiger partial charge in [0.25, 0.3) is 0 Å². The zero-order chi connectivity index (χ0) is 18.4. The van der Waals surface area contributed by atoms with Gasteiger partial charge in [-0.1, -0.05) is 12.1 Å². The molecule has 5 heteroatoms. The fourth-order valence-corrected chi connectivity index (χ4v) is 3.55. The molecule has 0 unspecified atom stereocenters. The summed E-state index contributed by atoms with van der Waals surface area (Å²) in [5.74, 6) is -0.999. The summed E-state index contributed by atoms with van der Waals surface area (Å²) >= 11 is 0. The van der Waals surface area contributed by atoms with E-state index in [2.05, 4.69) is 4.98 Å². The zero-order valence-corrected chi connectivity index (χ0v) is 14.8. The van der Waals surface area contributed by atoms with E-state index in [-0.39, 0.29) is 5.91 Å². The van der Waals surface area contributed by atoms with E-state index in [0.29, 0.717) is 25.2 Å². The highest BCUT2D eigenvalue weighted by molar-refractivity contribution is 5.76. The van der Waals surface area contributed by atoms with E-state index in [1.165, 1.54) is 12.1 Å². The standard InChI is InChI=1S/C21H24F2N2O/c22-19-9-7-16(13-20(19)23)5-6-18-4-2-12-25(15-18)21(26)10-8-17-3-1-11-24-14-17/h1,3,7,9,11,13-14,18H,2,4-6,8,10,12,15H2/t18-/m1/s1. The van der Waals surface area contributed by atoms with Gasteiger partial charge >= 0.3 is 0 Å². The van der Waals surface area contributed by atoms with Crippen molar-refractivity contribution < 1.29 is 13.6 Å². The van der Waals surface area contributed by atoms with Gasteiger partial charge in [0.1, 0.15) is 0 Å². The van der Waals surface area contributed by atoms with Crippen molar-refractivity contribution in [2.75, 3.05) is 13.1 Å². The minimum Gasteiger partial charge on any atom is -0.342 e. The van der Waals surface area contributed by atoms with Crippen molar-refractivity contribution in [3.8, 4) is 0 Å². The second-order valence-electron chi connectivity index (χ2n) is 7.00. The molecule has 0 aliphatic carbocycles. The zero-order valence-electron chi connectivity index (χ0n) is 14.8. The average molecular weight is 358 g/mol. The molecule has 1 aliphatic heterocycles. The molecule has 0 spiro atoms. The lowest BCUT2D eigenvalue weighted by molar-refractivity contribution is -0.133. The SMILES string of the molecule is O=C(CCc1cccnc1)N1CCC[C@H](CCc2ccc(F)c(F)c2)C1. The predicted molar refractivity (Wildman–Crippen MR) is 96.5 cm³/mol. The van der Waals surface area contributed by atoms with Crippen LogP contribution in [-0.4, -0.2) is 28.9 Å². The van der Waals surface area contributed by atoms with Crippen molar-refractivity contribution in [1.82, 2.24) is 9.88 Å². The summed E-state index contributed by atoms with van der Waals surface area (Å²) in [5, 5.41) is 0. The molecule has 1 amide bonds. The van der Waals surface area contributed by atoms with Crippen LogP contribution in [0.5, 0.6) is 0 Å². The molecule has 1 fully saturated rings. The summed E-state index contributed by atoms with van der Waals surface area (Å²) < 4.78 is 26.3. The Labute approximate surface area is 153 Å². The Morgan fingerprint density at radius 1 is 1.15 bits per heavy atom. The molecule has 1 aromatic carbocycles. The van der Waals surface area contributed by atoms with Gasteiger partial charge < -0.3 is 4.90 Å². The number of piperidine rings is 1. The molecule has 3 rings (SSSR count). The molecule has 26 heavy (non-hydrogen) atoms. The molecule has 0 radical (unpaired) electrons. The van der Waals surface area contributed by atoms with Crippen molar-refractivity contribution in [3.63, 3.8) is 0 Å². The van der Waals surface area contributed by atoms with Gasteiger partial charge in [-0.2, -0.15) is 0 Å². The van der Waals surface area contributed by atoms with Gasteiger partial charge in [-0.25, -0.2) is 8.78 Å². The monoisotopic (exact) mass is 358 g/mol. The van der Waals surface area contributed by atoms with Gasteiger partial charge in [0.05, 0.1) is 0 Å². The number of aromatic nitrogens is 1. The number of aryl methyl sites for hydroxylation is 2. The number of hydrogen-bond donors (Lipinski definition) is 0. The quantitative estimate of drug-likeness (QED) is 0.777. The van der Waals surface area contributed by atoms with Crippen molar-refractivity contribution in [1.29, 1.82) is 0 Å². The summed E-state index contributed by atoms with van der Waals surface area (Å²) in [7, 11) is 0. The molecule has 2 heterocycles. The maximum atomic E-state index is 13.3. The number of halogens is 2. The molecule has 1 saturated heterocycles. The molecule has 1 aliphatic rings. The third-order valence-electron chi connectivity index (χ3n) is 5.05. The smallest absolute Gasteiger partial charge is 0.222 e. The number of benzene rings is 1. The lowest BCUT2D eigenvalue weighted by Crippen LogP contribution is -2.40. The molecule has 1 atom stereocenters. The number of likely N-dealkylation sites (tertiary alicyclic amines) is 1. The number of carbonyl (C=O) groups is 1. The van der Waals surface area contributed by atoms with Crippen LogP contribution in [0.4, 0.5) is 8.78 Å². The van der Waals surface area contributed by atoms with Crippen LogP contribution < -0.4 is 0 Å². The number of nitrogens with zero attached hydrogens (tertiary/aromatic N) is 2. The fraction of sp³-hybridized carbons (Fsp3) is 0.429. The van der Waals surface area contributed by atoms with Crippen LogP contribution in [0.25, 0.3) is 0 Å². The maximum absolute atomic E-state index is 13.3. The van der Waals surface area contributed by atoms with Gasteiger partial charge in [0, 0.05) is 31.9 Å². The van der Waals surface area contributed by atoms with E-state index < -0.39 is 11.6 Å². The fourth-order valence-electron chi connectivity index (χ4n) is 3.55. The van der Waals surface area contributed by atoms with Crippen LogP contribution in [-0.2, 0) is 17.6 Å². The first-order valence-corrected chi connectivity index (χ1v) is 9.22. The van der Waals surface area contributed by atoms with E-state index in [0.717, 1.165) is 43.5 Å². The Morgan fingerprint density at radius 3 is 2.81 bits per heavy atom. The summed E-state index contributed by atoms with van der Waals surface area (Å²) in [6, 6.07) is 7.96. The lowest BCUT2D eigenvalue weighted by atomic mass is 9.91. The number of amides is 1. The Hall–Kier alpha value is -2.30. The molecular formula is C21H24F2N2O. The molecule has 0 saturated carbocycles. The van der Waals surface area contributed by atoms with Crippen LogP contribution in [0.3, 0.4) is 0 Å². The molecule has 0 N–H and O–H groups in total. The third-order valence-corrected chi connectivity index (χ3v) is 5.05. The topological polar surface area (TPSA) is 33.2 Å². The first kappa shape index (κ1) is 18.5. The number of carbonyl (C=O) groups excluding carboxylic acids is 1. The van der Waals surface area contributed by atoms with Crippen LogP contribution in [0.15, 0.2) is 42.7 Å². The van der Waals surface area contributed by atoms with Gasteiger partial charge in [-0.3, -0.25) is 9.78 Å². The van der Waals surface area contributed by atoms with Gasteiger partial charge in [-0.15, -0.1) is 0 Å². The number of pyridine rings is 1. The number of rotatable bonds is 6. The summed E-state index contributed by atoms with van der Waals surface area (Å²) in [4.78, 5) is 18.5. The molecule has 0 bridgehead atoms. The Kier molecular flexibility index (Phi) is 6.31. The summed E-state index contributed by atoms with van der Waals surface area (Å²) in [6.07, 6.45) is 8.42. The van der Waals surface area contributed by atoms with E-state index in [9.17, 15) is 13.6 Å². The normalized spacial score (nSPS) is 17.3. The third kappa shape index (κ3) is 5.10. The summed E-state index contributed by atoms with van der Waals surface area (Å²) in [5.41, 5.74) is 1.89. The summed E-state index contributed by atoms with van der Waals surface area (Å²) in [6.45, 7) is 1.57. The minimum absolute atomic E-state index is 0.186. The van der Waals surface area contributed by atoms with Gasteiger partial charge in [0.15, 0.2) is 11.6 Å². The average Bonchev–Trinajstić information content (AvgIpc) is 2.68. The Bertz CT molecular complexity index is 736. The highest BCUT2D eigenvalue weighted by Crippen LogP contribution is 2.23. The van der Waals surface area contributed by atoms with E-state index >= 15 is 0 Å². The van der Waals surface area contributed by atoms with Gasteiger partial charge in [0.2, 0.25) is 5.91 Å². The van der Waals surface area contributed by atoms with Crippen LogP contribution in [0.2, 0.25) is 0 Å². The van der Waals surface area contributed by atoms with Crippen LogP contribution in [0, 0.1) is 17.6 Å². The maximum Gasteiger partial charge on any atom is 0.222 e. The van der Waals surface area contributed by atoms with Crippen LogP contribution in [0.1, 0.15) is 36.8 Å². The minimum atomic E-state index is -0.809. The Balaban J connectivity index is 1.47. The van der Waals surface area contributed by atoms with E-state index in [1.807, 2.05) is 17.0 Å². The second-order valence-corrected chi connectivity index (χ2v) is 7.00. The van der Waals surface area contributed by atoms with Gasteiger partial charge in [-0.05, 0) is 67.3 Å². The highest BCUT2D eigenvalue weighted by Gasteiger charge is 2.23. The van der Waals surface area contributed by atoms with Crippen LogP contribution >= 0.6 is 0 Å².